The van der Waals surface area contributed by atoms with Gasteiger partial charge in [0.15, 0.2) is 0 Å². The third-order valence-corrected chi connectivity index (χ3v) is 4.47. The molecule has 1 aromatic heterocycles. The van der Waals surface area contributed by atoms with Gasteiger partial charge in [0, 0.05) is 50.3 Å². The van der Waals surface area contributed by atoms with Crippen molar-refractivity contribution in [2.45, 2.75) is 26.2 Å². The Balaban J connectivity index is 1.71. The third kappa shape index (κ3) is 3.42. The van der Waals surface area contributed by atoms with E-state index in [1.54, 1.807) is 18.5 Å². The number of anilines is 1. The van der Waals surface area contributed by atoms with Crippen LogP contribution in [0.1, 0.15) is 36.7 Å². The van der Waals surface area contributed by atoms with Crippen molar-refractivity contribution in [3.05, 3.63) is 59.9 Å². The van der Waals surface area contributed by atoms with E-state index in [0.29, 0.717) is 5.56 Å². The molecule has 1 saturated heterocycles. The molecule has 0 unspecified atom stereocenters. The van der Waals surface area contributed by atoms with Gasteiger partial charge in [-0.25, -0.2) is 0 Å². The van der Waals surface area contributed by atoms with Crippen molar-refractivity contribution in [1.82, 2.24) is 9.88 Å². The lowest BCUT2D eigenvalue weighted by Crippen LogP contribution is -2.49. The molecule has 4 heteroatoms. The van der Waals surface area contributed by atoms with Gasteiger partial charge in [-0.3, -0.25) is 9.78 Å². The van der Waals surface area contributed by atoms with Crippen LogP contribution in [0.3, 0.4) is 0 Å². The molecule has 0 atom stereocenters. The van der Waals surface area contributed by atoms with Crippen molar-refractivity contribution in [3.63, 3.8) is 0 Å². The summed E-state index contributed by atoms with van der Waals surface area (Å²) >= 11 is 0. The summed E-state index contributed by atoms with van der Waals surface area (Å²) in [5.41, 5.74) is 3.36. The van der Waals surface area contributed by atoms with Gasteiger partial charge in [0.1, 0.15) is 0 Å². The maximum Gasteiger partial charge on any atom is 0.255 e. The number of carbonyl (C=O) groups is 1. The molecule has 1 radical (unpaired) electrons. The zero-order chi connectivity index (χ0) is 17.2. The fourth-order valence-electron chi connectivity index (χ4n) is 3.16. The minimum atomic E-state index is 0.0445. The highest BCUT2D eigenvalue weighted by atomic mass is 16.2. The first-order chi connectivity index (χ1) is 11.5. The van der Waals surface area contributed by atoms with Gasteiger partial charge in [0.2, 0.25) is 0 Å². The number of piperazine rings is 1. The second-order valence-electron chi connectivity index (χ2n) is 7.22. The molecular weight excluding hydrogens is 298 g/mol. The molecule has 0 spiro atoms. The molecule has 2 heterocycles. The zero-order valence-electron chi connectivity index (χ0n) is 14.6. The highest BCUT2D eigenvalue weighted by molar-refractivity contribution is 5.94. The molecule has 0 aliphatic carbocycles. The van der Waals surface area contributed by atoms with Gasteiger partial charge in [-0.2, -0.15) is 0 Å². The maximum absolute atomic E-state index is 12.5. The van der Waals surface area contributed by atoms with Crippen LogP contribution < -0.4 is 4.90 Å². The van der Waals surface area contributed by atoms with Crippen molar-refractivity contribution in [2.24, 2.45) is 0 Å². The Morgan fingerprint density at radius 2 is 1.83 bits per heavy atom. The van der Waals surface area contributed by atoms with Crippen LogP contribution in [0, 0.1) is 6.07 Å². The van der Waals surface area contributed by atoms with Crippen molar-refractivity contribution < 1.29 is 4.79 Å². The summed E-state index contributed by atoms with van der Waals surface area (Å²) in [6.45, 7) is 9.88. The van der Waals surface area contributed by atoms with E-state index < -0.39 is 0 Å². The lowest BCUT2D eigenvalue weighted by atomic mass is 9.85. The predicted octanol–water partition coefficient (Wildman–Crippen LogP) is 3.14. The van der Waals surface area contributed by atoms with Crippen molar-refractivity contribution in [2.75, 3.05) is 31.1 Å². The maximum atomic E-state index is 12.5. The van der Waals surface area contributed by atoms with E-state index in [1.807, 2.05) is 4.90 Å². The fourth-order valence-corrected chi connectivity index (χ4v) is 3.16. The Morgan fingerprint density at radius 3 is 2.46 bits per heavy atom. The number of hydrogen-bond donors (Lipinski definition) is 0. The highest BCUT2D eigenvalue weighted by Gasteiger charge is 2.26. The molecule has 0 bridgehead atoms. The first-order valence-corrected chi connectivity index (χ1v) is 8.41. The second kappa shape index (κ2) is 6.63. The topological polar surface area (TPSA) is 36.4 Å². The molecule has 0 N–H and O–H groups in total. The molecule has 3 rings (SSSR count). The van der Waals surface area contributed by atoms with Crippen LogP contribution in [0.15, 0.2) is 42.7 Å². The van der Waals surface area contributed by atoms with Gasteiger partial charge in [0.25, 0.3) is 5.91 Å². The summed E-state index contributed by atoms with van der Waals surface area (Å²) in [6.07, 6.45) is 3.18. The van der Waals surface area contributed by atoms with Crippen LogP contribution >= 0.6 is 0 Å². The molecule has 125 valence electrons. The number of para-hydroxylation sites is 1. The Hall–Kier alpha value is -2.36. The zero-order valence-corrected chi connectivity index (χ0v) is 14.6. The summed E-state index contributed by atoms with van der Waals surface area (Å²) < 4.78 is 0. The average Bonchev–Trinajstić information content (AvgIpc) is 2.61. The van der Waals surface area contributed by atoms with Gasteiger partial charge in [-0.15, -0.1) is 0 Å². The first kappa shape index (κ1) is 16.5. The fraction of sp³-hybridized carbons (Fsp3) is 0.400. The van der Waals surface area contributed by atoms with E-state index in [-0.39, 0.29) is 11.3 Å². The van der Waals surface area contributed by atoms with E-state index in [1.165, 1.54) is 11.3 Å². The summed E-state index contributed by atoms with van der Waals surface area (Å²) in [7, 11) is 0. The van der Waals surface area contributed by atoms with Gasteiger partial charge >= 0.3 is 0 Å². The number of benzene rings is 1. The summed E-state index contributed by atoms with van der Waals surface area (Å²) in [6, 6.07) is 13.2. The number of pyridine rings is 1. The van der Waals surface area contributed by atoms with E-state index in [4.69, 9.17) is 0 Å². The molecule has 2 aromatic rings. The number of nitrogens with zero attached hydrogens (tertiary/aromatic N) is 3. The molecule has 1 aliphatic rings. The van der Waals surface area contributed by atoms with Gasteiger partial charge in [-0.1, -0.05) is 39.0 Å². The van der Waals surface area contributed by atoms with Gasteiger partial charge in [-0.05, 0) is 23.1 Å². The monoisotopic (exact) mass is 322 g/mol. The average molecular weight is 322 g/mol. The number of carbonyl (C=O) groups excluding carboxylic acids is 1. The van der Waals surface area contributed by atoms with Gasteiger partial charge in [0.05, 0.1) is 5.56 Å². The summed E-state index contributed by atoms with van der Waals surface area (Å²) in [4.78, 5) is 20.8. The molecule has 1 amide bonds. The van der Waals surface area contributed by atoms with E-state index >= 15 is 0 Å². The predicted molar refractivity (Wildman–Crippen MR) is 96.3 cm³/mol. The van der Waals surface area contributed by atoms with Gasteiger partial charge < -0.3 is 9.80 Å². The quantitative estimate of drug-likeness (QED) is 0.852. The lowest BCUT2D eigenvalue weighted by Gasteiger charge is -2.38. The van der Waals surface area contributed by atoms with Crippen LogP contribution in [0.4, 0.5) is 5.69 Å². The minimum absolute atomic E-state index is 0.0445. The lowest BCUT2D eigenvalue weighted by molar-refractivity contribution is 0.0746. The van der Waals surface area contributed by atoms with Crippen molar-refractivity contribution in [3.8, 4) is 0 Å². The summed E-state index contributed by atoms with van der Waals surface area (Å²) in [5.74, 6) is 0.0445. The van der Waals surface area contributed by atoms with Crippen molar-refractivity contribution >= 4 is 11.6 Å². The molecule has 1 fully saturated rings. The van der Waals surface area contributed by atoms with Crippen LogP contribution in [-0.2, 0) is 5.41 Å². The standard InChI is InChI=1S/C20H24N3O/c1-20(2,3)17-8-4-5-9-18(17)22-11-13-23(14-12-22)19(24)16-7-6-10-21-15-16/h4-5,7-10,15H,11-14H2,1-3H3. The molecule has 1 aromatic carbocycles. The molecule has 24 heavy (non-hydrogen) atoms. The van der Waals surface area contributed by atoms with Crippen molar-refractivity contribution in [1.29, 1.82) is 0 Å². The normalized spacial score (nSPS) is 15.5. The Bertz CT molecular complexity index is 698. The SMILES string of the molecule is CC(C)(C)c1ccccc1N1CCN(C(=O)c2c[c]cnc2)CC1. The Labute approximate surface area is 144 Å². The number of aromatic nitrogens is 1. The van der Waals surface area contributed by atoms with E-state index in [9.17, 15) is 4.79 Å². The van der Waals surface area contributed by atoms with Crippen LogP contribution in [0.25, 0.3) is 0 Å². The van der Waals surface area contributed by atoms with E-state index in [0.717, 1.165) is 26.2 Å². The molecule has 1 aliphatic heterocycles. The summed E-state index contributed by atoms with van der Waals surface area (Å²) in [5, 5.41) is 0. The largest absolute Gasteiger partial charge is 0.368 e. The number of rotatable bonds is 2. The second-order valence-corrected chi connectivity index (χ2v) is 7.22. The Kier molecular flexibility index (Phi) is 4.56. The highest BCUT2D eigenvalue weighted by Crippen LogP contribution is 2.32. The molecule has 4 nitrogen and oxygen atoms in total. The van der Waals surface area contributed by atoms with Crippen LogP contribution in [0.2, 0.25) is 0 Å². The van der Waals surface area contributed by atoms with Crippen LogP contribution in [-0.4, -0.2) is 42.0 Å². The minimum Gasteiger partial charge on any atom is -0.368 e. The Morgan fingerprint density at radius 1 is 1.12 bits per heavy atom. The molecule has 0 saturated carbocycles. The smallest absolute Gasteiger partial charge is 0.255 e. The number of hydrogen-bond acceptors (Lipinski definition) is 3. The molecular formula is C20H24N3O. The number of amides is 1. The first-order valence-electron chi connectivity index (χ1n) is 8.41. The third-order valence-electron chi connectivity index (χ3n) is 4.47. The van der Waals surface area contributed by atoms with E-state index in [2.05, 4.69) is 61.0 Å². The van der Waals surface area contributed by atoms with Crippen LogP contribution in [0.5, 0.6) is 0 Å².